The van der Waals surface area contributed by atoms with Crippen LogP contribution in [0, 0.1) is 11.8 Å². The van der Waals surface area contributed by atoms with Crippen molar-refractivity contribution in [2.75, 3.05) is 0 Å². The Labute approximate surface area is 97.9 Å². The van der Waals surface area contributed by atoms with Crippen LogP contribution in [0.15, 0.2) is 24.3 Å². The van der Waals surface area contributed by atoms with Gasteiger partial charge in [0.05, 0.1) is 0 Å². The van der Waals surface area contributed by atoms with Gasteiger partial charge in [-0.1, -0.05) is 38.1 Å². The van der Waals surface area contributed by atoms with E-state index in [2.05, 4.69) is 38.1 Å². The molecule has 1 aliphatic rings. The van der Waals surface area contributed by atoms with Gasteiger partial charge >= 0.3 is 0 Å². The van der Waals surface area contributed by atoms with Crippen LogP contribution in [0.4, 0.5) is 0 Å². The first-order valence-electron chi connectivity index (χ1n) is 6.31. The van der Waals surface area contributed by atoms with Gasteiger partial charge in [-0.3, -0.25) is 4.79 Å². The molecule has 0 bridgehead atoms. The highest BCUT2D eigenvalue weighted by molar-refractivity contribution is 5.83. The standard InChI is InChI=1S/C15H20O/c1-3-12-4-6-13(7-5-12)10-14-8-9-15(16)11(14)2/h4-7,11,14H,3,8-10H2,1-2H3. The molecule has 2 unspecified atom stereocenters. The van der Waals surface area contributed by atoms with Crippen molar-refractivity contribution in [3.8, 4) is 0 Å². The van der Waals surface area contributed by atoms with E-state index in [9.17, 15) is 4.79 Å². The fraction of sp³-hybridized carbons (Fsp3) is 0.533. The van der Waals surface area contributed by atoms with Gasteiger partial charge in [-0.2, -0.15) is 0 Å². The fourth-order valence-corrected chi connectivity index (χ4v) is 2.56. The molecule has 2 atom stereocenters. The molecule has 0 spiro atoms. The van der Waals surface area contributed by atoms with E-state index >= 15 is 0 Å². The quantitative estimate of drug-likeness (QED) is 0.756. The van der Waals surface area contributed by atoms with E-state index in [0.717, 1.165) is 25.7 Å². The molecule has 0 heterocycles. The van der Waals surface area contributed by atoms with Crippen LogP contribution in [-0.4, -0.2) is 5.78 Å². The first-order chi connectivity index (χ1) is 7.70. The molecular weight excluding hydrogens is 196 g/mol. The predicted octanol–water partition coefficient (Wildman–Crippen LogP) is 3.41. The molecular formula is C15H20O. The maximum atomic E-state index is 11.5. The Morgan fingerprint density at radius 2 is 1.81 bits per heavy atom. The molecule has 0 saturated heterocycles. The predicted molar refractivity (Wildman–Crippen MR) is 66.4 cm³/mol. The molecule has 0 aromatic heterocycles. The SMILES string of the molecule is CCc1ccc(CC2CCC(=O)C2C)cc1. The van der Waals surface area contributed by atoms with Crippen molar-refractivity contribution >= 4 is 5.78 Å². The molecule has 0 aliphatic heterocycles. The zero-order valence-corrected chi connectivity index (χ0v) is 10.2. The lowest BCUT2D eigenvalue weighted by Crippen LogP contribution is -2.12. The maximum absolute atomic E-state index is 11.5. The molecule has 1 heteroatoms. The Balaban J connectivity index is 2.01. The van der Waals surface area contributed by atoms with Crippen molar-refractivity contribution in [3.63, 3.8) is 0 Å². The third-order valence-corrected chi connectivity index (χ3v) is 3.91. The Morgan fingerprint density at radius 1 is 1.19 bits per heavy atom. The summed E-state index contributed by atoms with van der Waals surface area (Å²) in [5.41, 5.74) is 2.77. The molecule has 1 aromatic carbocycles. The lowest BCUT2D eigenvalue weighted by Gasteiger charge is -2.14. The van der Waals surface area contributed by atoms with Gasteiger partial charge in [0.1, 0.15) is 5.78 Å². The smallest absolute Gasteiger partial charge is 0.135 e. The van der Waals surface area contributed by atoms with E-state index in [1.807, 2.05) is 0 Å². The van der Waals surface area contributed by atoms with Crippen molar-refractivity contribution in [2.45, 2.75) is 39.5 Å². The number of hydrogen-bond acceptors (Lipinski definition) is 1. The minimum atomic E-state index is 0.269. The highest BCUT2D eigenvalue weighted by atomic mass is 16.1. The second-order valence-electron chi connectivity index (χ2n) is 4.93. The van der Waals surface area contributed by atoms with Gasteiger partial charge < -0.3 is 0 Å². The van der Waals surface area contributed by atoms with Gasteiger partial charge in [0, 0.05) is 12.3 Å². The molecule has 1 aromatic rings. The van der Waals surface area contributed by atoms with E-state index in [1.165, 1.54) is 11.1 Å². The van der Waals surface area contributed by atoms with Crippen molar-refractivity contribution in [1.82, 2.24) is 0 Å². The normalized spacial score (nSPS) is 25.0. The molecule has 0 amide bonds. The summed E-state index contributed by atoms with van der Waals surface area (Å²) < 4.78 is 0. The monoisotopic (exact) mass is 216 g/mol. The van der Waals surface area contributed by atoms with Gasteiger partial charge in [0.25, 0.3) is 0 Å². The number of ketones is 1. The van der Waals surface area contributed by atoms with E-state index in [1.54, 1.807) is 0 Å². The van der Waals surface area contributed by atoms with Crippen LogP contribution < -0.4 is 0 Å². The molecule has 1 saturated carbocycles. The summed E-state index contributed by atoms with van der Waals surface area (Å²) in [6, 6.07) is 8.84. The lowest BCUT2D eigenvalue weighted by molar-refractivity contribution is -0.120. The van der Waals surface area contributed by atoms with Crippen LogP contribution in [0.1, 0.15) is 37.8 Å². The van der Waals surface area contributed by atoms with Crippen LogP contribution in [0.3, 0.4) is 0 Å². The molecule has 1 nitrogen and oxygen atoms in total. The second kappa shape index (κ2) is 4.82. The number of carbonyl (C=O) groups excluding carboxylic acids is 1. The number of Topliss-reactive ketones (excluding diaryl/α,β-unsaturated/α-hetero) is 1. The minimum Gasteiger partial charge on any atom is -0.299 e. The van der Waals surface area contributed by atoms with E-state index < -0.39 is 0 Å². The van der Waals surface area contributed by atoms with Crippen molar-refractivity contribution in [3.05, 3.63) is 35.4 Å². The van der Waals surface area contributed by atoms with Crippen molar-refractivity contribution < 1.29 is 4.79 Å². The number of carbonyl (C=O) groups is 1. The fourth-order valence-electron chi connectivity index (χ4n) is 2.56. The summed E-state index contributed by atoms with van der Waals surface area (Å²) in [6.07, 6.45) is 4.03. The molecule has 0 radical (unpaired) electrons. The van der Waals surface area contributed by atoms with Gasteiger partial charge in [-0.25, -0.2) is 0 Å². The first kappa shape index (κ1) is 11.4. The molecule has 86 valence electrons. The summed E-state index contributed by atoms with van der Waals surface area (Å²) >= 11 is 0. The summed E-state index contributed by atoms with van der Waals surface area (Å²) in [5.74, 6) is 1.29. The third kappa shape index (κ3) is 2.34. The Kier molecular flexibility index (Phi) is 3.42. The van der Waals surface area contributed by atoms with E-state index in [0.29, 0.717) is 11.7 Å². The number of rotatable bonds is 3. The Hall–Kier alpha value is -1.11. The maximum Gasteiger partial charge on any atom is 0.135 e. The number of hydrogen-bond donors (Lipinski definition) is 0. The van der Waals surface area contributed by atoms with Crippen LogP contribution in [0.25, 0.3) is 0 Å². The molecule has 1 fully saturated rings. The lowest BCUT2D eigenvalue weighted by atomic mass is 9.90. The van der Waals surface area contributed by atoms with E-state index in [4.69, 9.17) is 0 Å². The zero-order valence-electron chi connectivity index (χ0n) is 10.2. The number of aryl methyl sites for hydroxylation is 1. The molecule has 16 heavy (non-hydrogen) atoms. The highest BCUT2D eigenvalue weighted by Gasteiger charge is 2.30. The van der Waals surface area contributed by atoms with Crippen LogP contribution in [0.2, 0.25) is 0 Å². The van der Waals surface area contributed by atoms with Gasteiger partial charge in [0.2, 0.25) is 0 Å². The van der Waals surface area contributed by atoms with Gasteiger partial charge in [-0.05, 0) is 36.3 Å². The third-order valence-electron chi connectivity index (χ3n) is 3.91. The summed E-state index contributed by atoms with van der Waals surface area (Å²) in [4.78, 5) is 11.5. The highest BCUT2D eigenvalue weighted by Crippen LogP contribution is 2.31. The van der Waals surface area contributed by atoms with Crippen LogP contribution in [0.5, 0.6) is 0 Å². The molecule has 2 rings (SSSR count). The summed E-state index contributed by atoms with van der Waals surface area (Å²) in [6.45, 7) is 4.26. The average Bonchev–Trinajstić information content (AvgIpc) is 2.62. The summed E-state index contributed by atoms with van der Waals surface area (Å²) in [5, 5.41) is 0. The first-order valence-corrected chi connectivity index (χ1v) is 6.31. The minimum absolute atomic E-state index is 0.269. The van der Waals surface area contributed by atoms with Crippen LogP contribution >= 0.6 is 0 Å². The topological polar surface area (TPSA) is 17.1 Å². The average molecular weight is 216 g/mol. The van der Waals surface area contributed by atoms with Crippen molar-refractivity contribution in [1.29, 1.82) is 0 Å². The van der Waals surface area contributed by atoms with Crippen molar-refractivity contribution in [2.24, 2.45) is 11.8 Å². The number of benzene rings is 1. The summed E-state index contributed by atoms with van der Waals surface area (Å²) in [7, 11) is 0. The van der Waals surface area contributed by atoms with Crippen LogP contribution in [-0.2, 0) is 17.6 Å². The molecule has 0 N–H and O–H groups in total. The van der Waals surface area contributed by atoms with E-state index in [-0.39, 0.29) is 5.92 Å². The zero-order chi connectivity index (χ0) is 11.5. The second-order valence-corrected chi connectivity index (χ2v) is 4.93. The Bertz CT molecular complexity index is 364. The molecule has 1 aliphatic carbocycles. The van der Waals surface area contributed by atoms with Gasteiger partial charge in [-0.15, -0.1) is 0 Å². The largest absolute Gasteiger partial charge is 0.299 e. The van der Waals surface area contributed by atoms with Gasteiger partial charge in [0.15, 0.2) is 0 Å². The Morgan fingerprint density at radius 3 is 2.31 bits per heavy atom.